The van der Waals surface area contributed by atoms with Crippen LogP contribution in [-0.4, -0.2) is 33.4 Å². The lowest BCUT2D eigenvalue weighted by Crippen LogP contribution is -2.29. The van der Waals surface area contributed by atoms with Gasteiger partial charge in [0, 0.05) is 24.7 Å². The molecule has 0 aromatic heterocycles. The Morgan fingerprint density at radius 2 is 1.78 bits per heavy atom. The Hall–Kier alpha value is -2.95. The zero-order valence-corrected chi connectivity index (χ0v) is 18.6. The molecule has 2 amide bonds. The minimum Gasteiger partial charge on any atom is -0.484 e. The first-order valence-corrected chi connectivity index (χ1v) is 11.4. The van der Waals surface area contributed by atoms with E-state index in [1.165, 1.54) is 24.3 Å². The van der Waals surface area contributed by atoms with E-state index in [4.69, 9.17) is 21.5 Å². The fraction of sp³-hybridized carbons (Fsp3) is 0.238. The van der Waals surface area contributed by atoms with Crippen LogP contribution in [0.3, 0.4) is 0 Å². The van der Waals surface area contributed by atoms with Gasteiger partial charge in [-0.2, -0.15) is 0 Å². The van der Waals surface area contributed by atoms with Gasteiger partial charge in [0.05, 0.1) is 9.92 Å². The van der Waals surface area contributed by atoms with Crippen molar-refractivity contribution in [2.45, 2.75) is 24.2 Å². The maximum absolute atomic E-state index is 13.3. The minimum absolute atomic E-state index is 0.0246. The number of benzene rings is 2. The third-order valence-corrected chi connectivity index (χ3v) is 5.45. The van der Waals surface area contributed by atoms with E-state index in [1.54, 1.807) is 12.1 Å². The average molecular weight is 484 g/mol. The van der Waals surface area contributed by atoms with Crippen LogP contribution >= 0.6 is 11.6 Å². The predicted octanol–water partition coefficient (Wildman–Crippen LogP) is 2.27. The number of amides is 2. The molecular weight excluding hydrogens is 461 g/mol. The number of sulfonamides is 1. The fourth-order valence-corrected chi connectivity index (χ4v) is 3.19. The number of halogens is 2. The number of nitrogens with two attached hydrogens (primary N) is 1. The molecule has 0 heterocycles. The topological polar surface area (TPSA) is 128 Å². The Balaban J connectivity index is 1.64. The summed E-state index contributed by atoms with van der Waals surface area (Å²) in [6.07, 6.45) is 0.861. The van der Waals surface area contributed by atoms with Gasteiger partial charge in [-0.1, -0.05) is 30.3 Å². The van der Waals surface area contributed by atoms with Crippen LogP contribution in [-0.2, 0) is 26.0 Å². The number of carbonyl (C=O) groups is 2. The average Bonchev–Trinajstić information content (AvgIpc) is 2.73. The fourth-order valence-electron chi connectivity index (χ4n) is 2.56. The number of allylic oxidation sites excluding steroid dienone is 1. The summed E-state index contributed by atoms with van der Waals surface area (Å²) >= 11 is 5.58. The van der Waals surface area contributed by atoms with Crippen LogP contribution in [0.1, 0.15) is 18.4 Å². The zero-order valence-electron chi connectivity index (χ0n) is 17.1. The lowest BCUT2D eigenvalue weighted by atomic mass is 10.1. The lowest BCUT2D eigenvalue weighted by Gasteiger charge is -2.10. The Morgan fingerprint density at radius 3 is 2.41 bits per heavy atom. The van der Waals surface area contributed by atoms with Crippen molar-refractivity contribution >= 4 is 33.4 Å². The third kappa shape index (κ3) is 8.66. The van der Waals surface area contributed by atoms with Gasteiger partial charge >= 0.3 is 0 Å². The van der Waals surface area contributed by atoms with Crippen molar-refractivity contribution in [1.82, 2.24) is 10.6 Å². The molecular formula is C21H23ClFN3O5S. The van der Waals surface area contributed by atoms with Gasteiger partial charge in [-0.05, 0) is 42.7 Å². The second-order valence-electron chi connectivity index (χ2n) is 6.81. The molecule has 0 saturated heterocycles. The number of rotatable bonds is 11. The van der Waals surface area contributed by atoms with Gasteiger partial charge in [-0.15, -0.1) is 0 Å². The second-order valence-corrected chi connectivity index (χ2v) is 8.77. The molecule has 0 atom stereocenters. The van der Waals surface area contributed by atoms with Crippen molar-refractivity contribution in [3.63, 3.8) is 0 Å². The molecule has 4 N–H and O–H groups in total. The van der Waals surface area contributed by atoms with Crippen molar-refractivity contribution in [3.05, 3.63) is 71.1 Å². The van der Waals surface area contributed by atoms with E-state index in [-0.39, 0.29) is 41.0 Å². The molecule has 11 heteroatoms. The number of hydrogen-bond donors (Lipinski definition) is 3. The molecule has 0 bridgehead atoms. The summed E-state index contributed by atoms with van der Waals surface area (Å²) in [6, 6.07) is 9.91. The smallest absolute Gasteiger partial charge is 0.262 e. The molecule has 0 spiro atoms. The van der Waals surface area contributed by atoms with E-state index >= 15 is 0 Å². The second kappa shape index (κ2) is 11.6. The summed E-state index contributed by atoms with van der Waals surface area (Å²) in [5.41, 5.74) is 1.18. The quantitative estimate of drug-likeness (QED) is 0.451. The van der Waals surface area contributed by atoms with Gasteiger partial charge in [0.1, 0.15) is 11.6 Å². The first kappa shape index (κ1) is 25.3. The van der Waals surface area contributed by atoms with Crippen molar-refractivity contribution in [3.8, 4) is 5.75 Å². The molecule has 172 valence electrons. The SMILES string of the molecule is C=C(CCC(=O)NCCc1ccc(S(N)(=O)=O)cc1)NC(=O)COc1ccc(Cl)c(F)c1. The van der Waals surface area contributed by atoms with Gasteiger partial charge in [0.25, 0.3) is 5.91 Å². The minimum atomic E-state index is -3.73. The molecule has 32 heavy (non-hydrogen) atoms. The summed E-state index contributed by atoms with van der Waals surface area (Å²) in [4.78, 5) is 23.8. The monoisotopic (exact) mass is 483 g/mol. The highest BCUT2D eigenvalue weighted by Crippen LogP contribution is 2.20. The van der Waals surface area contributed by atoms with Gasteiger partial charge in [0.2, 0.25) is 15.9 Å². The number of carbonyl (C=O) groups excluding carboxylic acids is 2. The normalized spacial score (nSPS) is 11.0. The Kier molecular flexibility index (Phi) is 9.18. The van der Waals surface area contributed by atoms with E-state index in [9.17, 15) is 22.4 Å². The van der Waals surface area contributed by atoms with Crippen LogP contribution in [0.4, 0.5) is 4.39 Å². The maximum atomic E-state index is 13.3. The Morgan fingerprint density at radius 1 is 1.09 bits per heavy atom. The Labute approximate surface area is 190 Å². The highest BCUT2D eigenvalue weighted by atomic mass is 35.5. The summed E-state index contributed by atoms with van der Waals surface area (Å²) < 4.78 is 41.0. The van der Waals surface area contributed by atoms with Crippen LogP contribution in [0.2, 0.25) is 5.02 Å². The number of ether oxygens (including phenoxy) is 1. The summed E-state index contributed by atoms with van der Waals surface area (Å²) in [5, 5.41) is 10.2. The predicted molar refractivity (Wildman–Crippen MR) is 118 cm³/mol. The highest BCUT2D eigenvalue weighted by molar-refractivity contribution is 7.89. The zero-order chi connectivity index (χ0) is 23.7. The molecule has 0 aliphatic heterocycles. The van der Waals surface area contributed by atoms with E-state index in [0.29, 0.717) is 18.7 Å². The van der Waals surface area contributed by atoms with E-state index in [0.717, 1.165) is 11.6 Å². The molecule has 8 nitrogen and oxygen atoms in total. The van der Waals surface area contributed by atoms with Gasteiger partial charge < -0.3 is 15.4 Å². The van der Waals surface area contributed by atoms with Crippen LogP contribution < -0.4 is 20.5 Å². The van der Waals surface area contributed by atoms with E-state index in [1.807, 2.05) is 0 Å². The molecule has 0 radical (unpaired) electrons. The number of hydrogen-bond acceptors (Lipinski definition) is 5. The van der Waals surface area contributed by atoms with Gasteiger partial charge in [-0.3, -0.25) is 9.59 Å². The van der Waals surface area contributed by atoms with Crippen molar-refractivity contribution in [1.29, 1.82) is 0 Å². The molecule has 2 aromatic carbocycles. The van der Waals surface area contributed by atoms with Crippen LogP contribution in [0, 0.1) is 5.82 Å². The molecule has 0 aliphatic carbocycles. The van der Waals surface area contributed by atoms with Crippen molar-refractivity contribution < 1.29 is 27.1 Å². The first-order valence-electron chi connectivity index (χ1n) is 9.48. The van der Waals surface area contributed by atoms with E-state index in [2.05, 4.69) is 17.2 Å². The lowest BCUT2D eigenvalue weighted by molar-refractivity contribution is -0.123. The molecule has 2 aromatic rings. The van der Waals surface area contributed by atoms with Gasteiger partial charge in [0.15, 0.2) is 6.61 Å². The molecule has 0 saturated carbocycles. The van der Waals surface area contributed by atoms with Crippen molar-refractivity contribution in [2.24, 2.45) is 5.14 Å². The highest BCUT2D eigenvalue weighted by Gasteiger charge is 2.09. The molecule has 2 rings (SSSR count). The van der Waals surface area contributed by atoms with Crippen molar-refractivity contribution in [2.75, 3.05) is 13.2 Å². The Bertz CT molecular complexity index is 1090. The van der Waals surface area contributed by atoms with Gasteiger partial charge in [-0.25, -0.2) is 17.9 Å². The van der Waals surface area contributed by atoms with Crippen LogP contribution in [0.25, 0.3) is 0 Å². The third-order valence-electron chi connectivity index (χ3n) is 4.22. The maximum Gasteiger partial charge on any atom is 0.262 e. The largest absolute Gasteiger partial charge is 0.484 e. The molecule has 0 aliphatic rings. The summed E-state index contributed by atoms with van der Waals surface area (Å²) in [7, 11) is -3.73. The standard InChI is InChI=1S/C21H23ClFN3O5S/c1-14(26-21(28)13-31-16-5-8-18(22)19(23)12-16)2-9-20(27)25-11-10-15-3-6-17(7-4-15)32(24,29)30/h3-8,12H,1-2,9-11,13H2,(H,25,27)(H,26,28)(H2,24,29,30). The summed E-state index contributed by atoms with van der Waals surface area (Å²) in [6.45, 7) is 3.71. The van der Waals surface area contributed by atoms with E-state index < -0.39 is 21.7 Å². The number of nitrogens with one attached hydrogen (secondary N) is 2. The van der Waals surface area contributed by atoms with Crippen LogP contribution in [0.5, 0.6) is 5.75 Å². The molecule has 0 unspecified atom stereocenters. The summed E-state index contributed by atoms with van der Waals surface area (Å²) in [5.74, 6) is -1.21. The van der Waals surface area contributed by atoms with Crippen LogP contribution in [0.15, 0.2) is 59.6 Å². The number of primary sulfonamides is 1. The first-order chi connectivity index (χ1) is 15.0. The molecule has 0 fully saturated rings.